The Bertz CT molecular complexity index is 387. The molecule has 0 aliphatic heterocycles. The van der Waals surface area contributed by atoms with Crippen LogP contribution in [0.25, 0.3) is 0 Å². The number of hydrogen-bond donors (Lipinski definition) is 1. The molecule has 0 bridgehead atoms. The smallest absolute Gasteiger partial charge is 0.370 e. The quantitative estimate of drug-likeness (QED) is 0.810. The highest BCUT2D eigenvalue weighted by Crippen LogP contribution is 2.19. The molecule has 1 N–H and O–H groups in total. The van der Waals surface area contributed by atoms with Crippen molar-refractivity contribution < 1.29 is 26.7 Å². The van der Waals surface area contributed by atoms with Gasteiger partial charge in [0.2, 0.25) is 0 Å². The van der Waals surface area contributed by atoms with Crippen molar-refractivity contribution in [2.45, 2.75) is 19.1 Å². The SMILES string of the molecule is CCNC(COCC(F)(F)F)c1cc(F)cc(F)c1. The lowest BCUT2D eigenvalue weighted by molar-refractivity contribution is -0.175. The normalized spacial score (nSPS) is 13.6. The first-order valence-electron chi connectivity index (χ1n) is 5.65. The largest absolute Gasteiger partial charge is 0.411 e. The van der Waals surface area contributed by atoms with Gasteiger partial charge in [-0.3, -0.25) is 0 Å². The third-order valence-electron chi connectivity index (χ3n) is 2.29. The number of alkyl halides is 3. The van der Waals surface area contributed by atoms with Crippen LogP contribution in [0.4, 0.5) is 22.0 Å². The van der Waals surface area contributed by atoms with Gasteiger partial charge in [0.15, 0.2) is 0 Å². The lowest BCUT2D eigenvalue weighted by Gasteiger charge is -2.19. The van der Waals surface area contributed by atoms with Crippen molar-refractivity contribution in [3.8, 4) is 0 Å². The molecule has 0 saturated heterocycles. The fraction of sp³-hybridized carbons (Fsp3) is 0.500. The predicted molar refractivity (Wildman–Crippen MR) is 59.6 cm³/mol. The Labute approximate surface area is 107 Å². The van der Waals surface area contributed by atoms with Crippen LogP contribution in [0, 0.1) is 11.6 Å². The first-order valence-corrected chi connectivity index (χ1v) is 5.65. The average Bonchev–Trinajstić information content (AvgIpc) is 2.25. The monoisotopic (exact) mass is 283 g/mol. The molecule has 1 unspecified atom stereocenters. The molecule has 108 valence electrons. The van der Waals surface area contributed by atoms with Crippen molar-refractivity contribution in [1.29, 1.82) is 0 Å². The van der Waals surface area contributed by atoms with Crippen LogP contribution in [-0.2, 0) is 4.74 Å². The van der Waals surface area contributed by atoms with E-state index in [2.05, 4.69) is 10.1 Å². The highest BCUT2D eigenvalue weighted by atomic mass is 19.4. The number of rotatable bonds is 6. The molecule has 19 heavy (non-hydrogen) atoms. The molecule has 0 aliphatic rings. The molecule has 0 saturated carbocycles. The van der Waals surface area contributed by atoms with Crippen LogP contribution >= 0.6 is 0 Å². The number of halogens is 5. The summed E-state index contributed by atoms with van der Waals surface area (Å²) in [4.78, 5) is 0. The standard InChI is InChI=1S/C12H14F5NO/c1-2-18-11(6-19-7-12(15,16)17)8-3-9(13)5-10(14)4-8/h3-5,11,18H,2,6-7H2,1H3. The highest BCUT2D eigenvalue weighted by molar-refractivity contribution is 5.21. The molecule has 0 aromatic heterocycles. The van der Waals surface area contributed by atoms with Crippen LogP contribution < -0.4 is 5.32 Å². The van der Waals surface area contributed by atoms with Gasteiger partial charge < -0.3 is 10.1 Å². The molecule has 0 amide bonds. The predicted octanol–water partition coefficient (Wildman–Crippen LogP) is 3.19. The number of hydrogen-bond acceptors (Lipinski definition) is 2. The summed E-state index contributed by atoms with van der Waals surface area (Å²) in [5.41, 5.74) is 0.210. The minimum Gasteiger partial charge on any atom is -0.370 e. The van der Waals surface area contributed by atoms with Crippen molar-refractivity contribution in [2.24, 2.45) is 0 Å². The maximum atomic E-state index is 13.1. The summed E-state index contributed by atoms with van der Waals surface area (Å²) in [6.45, 7) is 0.438. The van der Waals surface area contributed by atoms with E-state index in [0.717, 1.165) is 12.1 Å². The average molecular weight is 283 g/mol. The fourth-order valence-corrected chi connectivity index (χ4v) is 1.59. The maximum Gasteiger partial charge on any atom is 0.411 e. The Balaban J connectivity index is 2.71. The Morgan fingerprint density at radius 2 is 1.74 bits per heavy atom. The molecular weight excluding hydrogens is 269 g/mol. The van der Waals surface area contributed by atoms with Crippen molar-refractivity contribution in [2.75, 3.05) is 19.8 Å². The molecule has 0 fully saturated rings. The molecule has 1 rings (SSSR count). The Kier molecular flexibility index (Phi) is 5.68. The summed E-state index contributed by atoms with van der Waals surface area (Å²) in [5, 5.41) is 2.81. The summed E-state index contributed by atoms with van der Waals surface area (Å²) in [7, 11) is 0. The zero-order valence-electron chi connectivity index (χ0n) is 10.2. The summed E-state index contributed by atoms with van der Waals surface area (Å²) >= 11 is 0. The van der Waals surface area contributed by atoms with Gasteiger partial charge in [0.25, 0.3) is 0 Å². The van der Waals surface area contributed by atoms with Crippen molar-refractivity contribution in [1.82, 2.24) is 5.32 Å². The van der Waals surface area contributed by atoms with Gasteiger partial charge in [0.1, 0.15) is 18.2 Å². The van der Waals surface area contributed by atoms with E-state index in [-0.39, 0.29) is 12.2 Å². The van der Waals surface area contributed by atoms with Gasteiger partial charge in [0, 0.05) is 6.07 Å². The molecule has 1 aromatic carbocycles. The molecule has 7 heteroatoms. The highest BCUT2D eigenvalue weighted by Gasteiger charge is 2.28. The lowest BCUT2D eigenvalue weighted by Crippen LogP contribution is -2.28. The van der Waals surface area contributed by atoms with Crippen molar-refractivity contribution in [3.05, 3.63) is 35.4 Å². The van der Waals surface area contributed by atoms with E-state index in [0.29, 0.717) is 12.6 Å². The summed E-state index contributed by atoms with van der Waals surface area (Å²) in [6.07, 6.45) is -4.43. The van der Waals surface area contributed by atoms with Gasteiger partial charge in [-0.1, -0.05) is 6.92 Å². The first kappa shape index (κ1) is 15.8. The number of nitrogens with one attached hydrogen (secondary N) is 1. The van der Waals surface area contributed by atoms with Crippen LogP contribution in [0.2, 0.25) is 0 Å². The second kappa shape index (κ2) is 6.81. The van der Waals surface area contributed by atoms with E-state index in [1.54, 1.807) is 6.92 Å². The molecular formula is C12H14F5NO. The van der Waals surface area contributed by atoms with Gasteiger partial charge in [-0.25, -0.2) is 8.78 Å². The van der Waals surface area contributed by atoms with Gasteiger partial charge >= 0.3 is 6.18 Å². The molecule has 0 radical (unpaired) electrons. The second-order valence-electron chi connectivity index (χ2n) is 3.94. The lowest BCUT2D eigenvalue weighted by atomic mass is 10.1. The Morgan fingerprint density at radius 1 is 1.16 bits per heavy atom. The minimum absolute atomic E-state index is 0.210. The molecule has 0 aliphatic carbocycles. The number of likely N-dealkylation sites (N-methyl/N-ethyl adjacent to an activating group) is 1. The molecule has 1 atom stereocenters. The summed E-state index contributed by atoms with van der Waals surface area (Å²) < 4.78 is 66.5. The van der Waals surface area contributed by atoms with Gasteiger partial charge in [-0.2, -0.15) is 13.2 Å². The Hall–Kier alpha value is -1.21. The van der Waals surface area contributed by atoms with Crippen LogP contribution in [0.3, 0.4) is 0 Å². The maximum absolute atomic E-state index is 13.1. The molecule has 1 aromatic rings. The fourth-order valence-electron chi connectivity index (χ4n) is 1.59. The number of ether oxygens (including phenoxy) is 1. The third-order valence-corrected chi connectivity index (χ3v) is 2.29. The van der Waals surface area contributed by atoms with Crippen LogP contribution in [0.1, 0.15) is 18.5 Å². The van der Waals surface area contributed by atoms with E-state index in [4.69, 9.17) is 0 Å². The van der Waals surface area contributed by atoms with Crippen LogP contribution in [0.15, 0.2) is 18.2 Å². The first-order chi connectivity index (χ1) is 8.81. The second-order valence-corrected chi connectivity index (χ2v) is 3.94. The van der Waals surface area contributed by atoms with E-state index in [9.17, 15) is 22.0 Å². The number of benzene rings is 1. The Morgan fingerprint density at radius 3 is 2.21 bits per heavy atom. The topological polar surface area (TPSA) is 21.3 Å². The molecule has 0 heterocycles. The summed E-state index contributed by atoms with van der Waals surface area (Å²) in [6, 6.07) is 2.13. The third kappa shape index (κ3) is 5.98. The van der Waals surface area contributed by atoms with E-state index in [1.165, 1.54) is 0 Å². The van der Waals surface area contributed by atoms with Crippen LogP contribution in [0.5, 0.6) is 0 Å². The van der Waals surface area contributed by atoms with Crippen molar-refractivity contribution >= 4 is 0 Å². The molecule has 0 spiro atoms. The van der Waals surface area contributed by atoms with Crippen molar-refractivity contribution in [3.63, 3.8) is 0 Å². The minimum atomic E-state index is -4.43. The van der Waals surface area contributed by atoms with Gasteiger partial charge in [-0.05, 0) is 24.2 Å². The molecule has 2 nitrogen and oxygen atoms in total. The summed E-state index contributed by atoms with van der Waals surface area (Å²) in [5.74, 6) is -1.57. The van der Waals surface area contributed by atoms with E-state index in [1.807, 2.05) is 0 Å². The zero-order valence-corrected chi connectivity index (χ0v) is 10.2. The van der Waals surface area contributed by atoms with E-state index < -0.39 is 30.5 Å². The van der Waals surface area contributed by atoms with Crippen LogP contribution in [-0.4, -0.2) is 25.9 Å². The van der Waals surface area contributed by atoms with Gasteiger partial charge in [0.05, 0.1) is 12.6 Å². The van der Waals surface area contributed by atoms with E-state index >= 15 is 0 Å². The van der Waals surface area contributed by atoms with Gasteiger partial charge in [-0.15, -0.1) is 0 Å². The zero-order chi connectivity index (χ0) is 14.5.